The van der Waals surface area contributed by atoms with Gasteiger partial charge in [-0.1, -0.05) is 85.3 Å². The summed E-state index contributed by atoms with van der Waals surface area (Å²) in [6, 6.07) is 25.4. The molecule has 2 amide bonds. The first kappa shape index (κ1) is 34.5. The number of nitrogens with zero attached hydrogens (tertiary/aromatic N) is 2. The second-order valence-corrected chi connectivity index (χ2v) is 12.8. The highest BCUT2D eigenvalue weighted by Crippen LogP contribution is 2.33. The molecule has 242 valence electrons. The molecule has 0 aliphatic heterocycles. The number of carbonyl (C=O) groups is 2. The Balaban J connectivity index is 1.82. The number of nitrogens with one attached hydrogen (secondary N) is 1. The van der Waals surface area contributed by atoms with Crippen LogP contribution in [0.1, 0.15) is 30.0 Å². The van der Waals surface area contributed by atoms with Gasteiger partial charge in [-0.15, -0.1) is 0 Å². The second-order valence-electron chi connectivity index (χ2n) is 10.5. The van der Waals surface area contributed by atoms with Gasteiger partial charge in [-0.05, 0) is 60.0 Å². The van der Waals surface area contributed by atoms with Crippen molar-refractivity contribution in [1.82, 2.24) is 10.2 Å². The van der Waals surface area contributed by atoms with Gasteiger partial charge in [0.25, 0.3) is 10.0 Å². The van der Waals surface area contributed by atoms with E-state index in [0.29, 0.717) is 33.9 Å². The van der Waals surface area contributed by atoms with E-state index >= 15 is 0 Å². The van der Waals surface area contributed by atoms with Crippen molar-refractivity contribution in [1.29, 1.82) is 0 Å². The first-order chi connectivity index (χ1) is 21.9. The number of sulfonamides is 1. The lowest BCUT2D eigenvalue weighted by Gasteiger charge is -2.34. The van der Waals surface area contributed by atoms with Crippen molar-refractivity contribution in [3.63, 3.8) is 0 Å². The van der Waals surface area contributed by atoms with Crippen molar-refractivity contribution >= 4 is 39.1 Å². The zero-order chi connectivity index (χ0) is 33.3. The van der Waals surface area contributed by atoms with Crippen LogP contribution in [0.4, 0.5) is 18.9 Å². The molecule has 4 aromatic carbocycles. The summed E-state index contributed by atoms with van der Waals surface area (Å²) in [6.45, 7) is 1.24. The molecule has 1 atom stereocenters. The monoisotopic (exact) mass is 671 g/mol. The maximum atomic E-state index is 14.4. The molecule has 0 aromatic heterocycles. The Morgan fingerprint density at radius 3 is 2.09 bits per heavy atom. The fourth-order valence-electron chi connectivity index (χ4n) is 4.79. The van der Waals surface area contributed by atoms with E-state index in [0.717, 1.165) is 17.7 Å². The van der Waals surface area contributed by atoms with Gasteiger partial charge < -0.3 is 10.2 Å². The van der Waals surface area contributed by atoms with Crippen molar-refractivity contribution in [2.75, 3.05) is 17.4 Å². The minimum atomic E-state index is -4.76. The smallest absolute Gasteiger partial charge is 0.354 e. The van der Waals surface area contributed by atoms with E-state index in [2.05, 4.69) is 5.32 Å². The first-order valence-corrected chi connectivity index (χ1v) is 16.3. The molecular formula is C34H33ClF3N3O4S. The zero-order valence-electron chi connectivity index (χ0n) is 25.0. The molecular weight excluding hydrogens is 639 g/mol. The third-order valence-electron chi connectivity index (χ3n) is 7.16. The summed E-state index contributed by atoms with van der Waals surface area (Å²) >= 11 is 6.08. The van der Waals surface area contributed by atoms with Crippen molar-refractivity contribution in [3.8, 4) is 0 Å². The molecule has 0 fully saturated rings. The highest BCUT2D eigenvalue weighted by molar-refractivity contribution is 7.92. The van der Waals surface area contributed by atoms with Crippen molar-refractivity contribution in [2.24, 2.45) is 0 Å². The highest BCUT2D eigenvalue weighted by atomic mass is 35.5. The number of benzene rings is 4. The lowest BCUT2D eigenvalue weighted by molar-refractivity contribution is -0.140. The van der Waals surface area contributed by atoms with Crippen LogP contribution in [0.2, 0.25) is 5.02 Å². The molecule has 0 aliphatic carbocycles. The van der Waals surface area contributed by atoms with Gasteiger partial charge in [0, 0.05) is 24.5 Å². The van der Waals surface area contributed by atoms with Gasteiger partial charge in [0.05, 0.1) is 16.1 Å². The largest absolute Gasteiger partial charge is 0.416 e. The highest BCUT2D eigenvalue weighted by Gasteiger charge is 2.36. The molecule has 0 unspecified atom stereocenters. The van der Waals surface area contributed by atoms with Gasteiger partial charge >= 0.3 is 6.18 Å². The average Bonchev–Trinajstić information content (AvgIpc) is 3.05. The average molecular weight is 672 g/mol. The third-order valence-corrected chi connectivity index (χ3v) is 9.20. The van der Waals surface area contributed by atoms with Crippen molar-refractivity contribution < 1.29 is 31.2 Å². The lowest BCUT2D eigenvalue weighted by Crippen LogP contribution is -2.53. The fraction of sp³-hybridized carbons (Fsp3) is 0.235. The van der Waals surface area contributed by atoms with Crippen LogP contribution in [-0.4, -0.2) is 44.3 Å². The Morgan fingerprint density at radius 2 is 1.48 bits per heavy atom. The van der Waals surface area contributed by atoms with Gasteiger partial charge in [0.2, 0.25) is 11.8 Å². The number of alkyl halides is 3. The summed E-state index contributed by atoms with van der Waals surface area (Å²) in [7, 11) is -4.54. The Morgan fingerprint density at radius 1 is 0.848 bits per heavy atom. The van der Waals surface area contributed by atoms with E-state index in [1.807, 2.05) is 13.0 Å². The molecule has 1 N–H and O–H groups in total. The summed E-state index contributed by atoms with van der Waals surface area (Å²) in [6.07, 6.45) is -4.03. The van der Waals surface area contributed by atoms with Gasteiger partial charge in [0.1, 0.15) is 12.6 Å². The maximum Gasteiger partial charge on any atom is 0.416 e. The molecule has 0 spiro atoms. The van der Waals surface area contributed by atoms with Crippen LogP contribution in [-0.2, 0) is 38.8 Å². The van der Waals surface area contributed by atoms with Crippen LogP contribution in [0.5, 0.6) is 0 Å². The van der Waals surface area contributed by atoms with Crippen LogP contribution in [0.3, 0.4) is 0 Å². The van der Waals surface area contributed by atoms with E-state index in [1.165, 1.54) is 35.2 Å². The first-order valence-electron chi connectivity index (χ1n) is 14.5. The van der Waals surface area contributed by atoms with Crippen LogP contribution >= 0.6 is 11.6 Å². The molecule has 0 radical (unpaired) electrons. The predicted molar refractivity (Wildman–Crippen MR) is 172 cm³/mol. The van der Waals surface area contributed by atoms with Crippen molar-refractivity contribution in [3.05, 3.63) is 131 Å². The van der Waals surface area contributed by atoms with Crippen LogP contribution in [0, 0.1) is 0 Å². The molecule has 4 aromatic rings. The normalized spacial score (nSPS) is 12.3. The van der Waals surface area contributed by atoms with Gasteiger partial charge in [-0.2, -0.15) is 13.2 Å². The Hall–Kier alpha value is -4.35. The number of amides is 2. The molecule has 12 heteroatoms. The Labute approximate surface area is 271 Å². The molecule has 7 nitrogen and oxygen atoms in total. The SMILES string of the molecule is CCCNC(=O)[C@@H](Cc1ccccc1)N(Cc1ccc(Cl)cc1)C(=O)CN(c1cccc(C(F)(F)F)c1)S(=O)(=O)c1ccccc1. The minimum Gasteiger partial charge on any atom is -0.354 e. The number of carbonyl (C=O) groups excluding carboxylic acids is 2. The molecule has 0 bridgehead atoms. The summed E-state index contributed by atoms with van der Waals surface area (Å²) in [4.78, 5) is 29.1. The summed E-state index contributed by atoms with van der Waals surface area (Å²) in [5, 5.41) is 3.29. The molecule has 46 heavy (non-hydrogen) atoms. The van der Waals surface area contributed by atoms with E-state index in [1.54, 1.807) is 54.6 Å². The quantitative estimate of drug-likeness (QED) is 0.171. The standard InChI is InChI=1S/C34H33ClF3N3O4S/c1-2-20-39-33(43)31(21-25-10-5-3-6-11-25)40(23-26-16-18-28(35)19-17-26)32(42)24-41(46(44,45)30-14-7-4-8-15-30)29-13-9-12-27(22-29)34(36,37)38/h3-19,22,31H,2,20-21,23-24H2,1H3,(H,39,43)/t31-/m1/s1. The van der Waals surface area contributed by atoms with Gasteiger partial charge in [-0.3, -0.25) is 13.9 Å². The van der Waals surface area contributed by atoms with E-state index in [-0.39, 0.29) is 23.5 Å². The topological polar surface area (TPSA) is 86.8 Å². The number of hydrogen-bond donors (Lipinski definition) is 1. The zero-order valence-corrected chi connectivity index (χ0v) is 26.5. The number of halogens is 4. The van der Waals surface area contributed by atoms with E-state index in [4.69, 9.17) is 11.6 Å². The second kappa shape index (κ2) is 15.3. The number of rotatable bonds is 13. The van der Waals surface area contributed by atoms with Crippen LogP contribution in [0.15, 0.2) is 114 Å². The third kappa shape index (κ3) is 8.88. The molecule has 0 heterocycles. The Kier molecular flexibility index (Phi) is 11.5. The predicted octanol–water partition coefficient (Wildman–Crippen LogP) is 6.72. The van der Waals surface area contributed by atoms with Gasteiger partial charge in [-0.25, -0.2) is 8.42 Å². The number of hydrogen-bond acceptors (Lipinski definition) is 4. The Bertz CT molecular complexity index is 1720. The summed E-state index contributed by atoms with van der Waals surface area (Å²) in [5.74, 6) is -1.25. The molecule has 0 aliphatic rings. The summed E-state index contributed by atoms with van der Waals surface area (Å²) < 4.78 is 69.7. The van der Waals surface area contributed by atoms with Crippen molar-refractivity contribution in [2.45, 2.75) is 43.4 Å². The van der Waals surface area contributed by atoms with E-state index < -0.39 is 46.2 Å². The molecule has 0 saturated heterocycles. The van der Waals surface area contributed by atoms with Crippen LogP contribution in [0.25, 0.3) is 0 Å². The minimum absolute atomic E-state index is 0.102. The molecule has 0 saturated carbocycles. The summed E-state index contributed by atoms with van der Waals surface area (Å²) in [5.41, 5.74) is -0.0755. The van der Waals surface area contributed by atoms with Crippen LogP contribution < -0.4 is 9.62 Å². The fourth-order valence-corrected chi connectivity index (χ4v) is 6.35. The lowest BCUT2D eigenvalue weighted by atomic mass is 10.0. The molecule has 4 rings (SSSR count). The van der Waals surface area contributed by atoms with Gasteiger partial charge in [0.15, 0.2) is 0 Å². The number of anilines is 1. The van der Waals surface area contributed by atoms with E-state index in [9.17, 15) is 31.2 Å². The maximum absolute atomic E-state index is 14.4.